The number of nitrogens with zero attached hydrogens (tertiary/aromatic N) is 2. The first kappa shape index (κ1) is 12.0. The lowest BCUT2D eigenvalue weighted by Gasteiger charge is -2.33. The van der Waals surface area contributed by atoms with Gasteiger partial charge >= 0.3 is 0 Å². The third kappa shape index (κ3) is 2.71. The average Bonchev–Trinajstić information content (AvgIpc) is 3.12. The molecule has 0 spiro atoms. The van der Waals surface area contributed by atoms with Gasteiger partial charge in [-0.2, -0.15) is 0 Å². The third-order valence-electron chi connectivity index (χ3n) is 3.35. The van der Waals surface area contributed by atoms with Gasteiger partial charge in [0.15, 0.2) is 5.76 Å². The quantitative estimate of drug-likeness (QED) is 0.844. The van der Waals surface area contributed by atoms with E-state index in [1.165, 1.54) is 6.26 Å². The van der Waals surface area contributed by atoms with Crippen LogP contribution in [-0.4, -0.2) is 41.9 Å². The summed E-state index contributed by atoms with van der Waals surface area (Å²) in [5.41, 5.74) is 0. The van der Waals surface area contributed by atoms with Crippen LogP contribution >= 0.6 is 0 Å². The van der Waals surface area contributed by atoms with Gasteiger partial charge in [0, 0.05) is 26.2 Å². The summed E-state index contributed by atoms with van der Waals surface area (Å²) in [7, 11) is 0. The Hall–Kier alpha value is -2.01. The van der Waals surface area contributed by atoms with E-state index in [1.807, 2.05) is 17.0 Å². The first-order valence-corrected chi connectivity index (χ1v) is 6.40. The maximum Gasteiger partial charge on any atom is 0.289 e. The van der Waals surface area contributed by atoms with E-state index in [1.54, 1.807) is 18.4 Å². The van der Waals surface area contributed by atoms with Crippen LogP contribution in [0.25, 0.3) is 0 Å². The zero-order valence-electron chi connectivity index (χ0n) is 10.6. The van der Waals surface area contributed by atoms with E-state index >= 15 is 0 Å². The summed E-state index contributed by atoms with van der Waals surface area (Å²) in [6, 6.07) is 7.31. The van der Waals surface area contributed by atoms with E-state index in [-0.39, 0.29) is 5.91 Å². The molecule has 0 N–H and O–H groups in total. The highest BCUT2D eigenvalue weighted by Crippen LogP contribution is 2.12. The maximum atomic E-state index is 12.1. The first-order chi connectivity index (χ1) is 9.33. The van der Waals surface area contributed by atoms with Gasteiger partial charge in [-0.1, -0.05) is 0 Å². The number of furan rings is 2. The molecular weight excluding hydrogens is 244 g/mol. The fourth-order valence-electron chi connectivity index (χ4n) is 2.29. The molecule has 1 fully saturated rings. The number of carbonyl (C=O) groups is 1. The molecule has 3 heterocycles. The SMILES string of the molecule is O=C(c1ccco1)N1CCN(Cc2ccco2)CC1. The van der Waals surface area contributed by atoms with E-state index in [9.17, 15) is 4.79 Å². The van der Waals surface area contributed by atoms with Crippen LogP contribution < -0.4 is 0 Å². The molecule has 5 heteroatoms. The molecule has 0 bridgehead atoms. The summed E-state index contributed by atoms with van der Waals surface area (Å²) >= 11 is 0. The van der Waals surface area contributed by atoms with Crippen LogP contribution in [0.15, 0.2) is 45.6 Å². The molecule has 19 heavy (non-hydrogen) atoms. The second kappa shape index (κ2) is 5.32. The Labute approximate surface area is 111 Å². The van der Waals surface area contributed by atoms with Crippen LogP contribution in [0.1, 0.15) is 16.3 Å². The molecule has 0 atom stereocenters. The Morgan fingerprint density at radius 1 is 1.05 bits per heavy atom. The minimum atomic E-state index is -0.0253. The molecule has 0 saturated carbocycles. The number of amides is 1. The Bertz CT molecular complexity index is 511. The zero-order valence-corrected chi connectivity index (χ0v) is 10.6. The molecule has 1 saturated heterocycles. The fourth-order valence-corrected chi connectivity index (χ4v) is 2.29. The Morgan fingerprint density at radius 2 is 1.79 bits per heavy atom. The van der Waals surface area contributed by atoms with E-state index in [0.29, 0.717) is 5.76 Å². The normalized spacial score (nSPS) is 16.7. The molecular formula is C14H16N2O3. The summed E-state index contributed by atoms with van der Waals surface area (Å²) < 4.78 is 10.5. The molecule has 1 aliphatic heterocycles. The van der Waals surface area contributed by atoms with E-state index in [4.69, 9.17) is 8.83 Å². The van der Waals surface area contributed by atoms with Crippen LogP contribution in [0.3, 0.4) is 0 Å². The molecule has 0 aromatic carbocycles. The molecule has 0 unspecified atom stereocenters. The Morgan fingerprint density at radius 3 is 2.42 bits per heavy atom. The lowest BCUT2D eigenvalue weighted by atomic mass is 10.2. The predicted octanol–water partition coefficient (Wildman–Crippen LogP) is 1.83. The monoisotopic (exact) mass is 260 g/mol. The van der Waals surface area contributed by atoms with Gasteiger partial charge in [-0.15, -0.1) is 0 Å². The molecule has 3 rings (SSSR count). The topological polar surface area (TPSA) is 49.8 Å². The van der Waals surface area contributed by atoms with Gasteiger partial charge in [0.1, 0.15) is 5.76 Å². The molecule has 2 aromatic heterocycles. The molecule has 1 aliphatic rings. The Balaban J connectivity index is 1.53. The van der Waals surface area contributed by atoms with Gasteiger partial charge in [-0.05, 0) is 24.3 Å². The molecule has 0 radical (unpaired) electrons. The number of hydrogen-bond acceptors (Lipinski definition) is 4. The highest BCUT2D eigenvalue weighted by Gasteiger charge is 2.23. The van der Waals surface area contributed by atoms with Gasteiger partial charge in [0.2, 0.25) is 0 Å². The highest BCUT2D eigenvalue weighted by molar-refractivity contribution is 5.91. The van der Waals surface area contributed by atoms with E-state index in [0.717, 1.165) is 38.5 Å². The van der Waals surface area contributed by atoms with Crippen molar-refractivity contribution in [2.45, 2.75) is 6.54 Å². The maximum absolute atomic E-state index is 12.1. The van der Waals surface area contributed by atoms with Crippen molar-refractivity contribution >= 4 is 5.91 Å². The van der Waals surface area contributed by atoms with Crippen LogP contribution in [0.4, 0.5) is 0 Å². The van der Waals surface area contributed by atoms with Crippen LogP contribution in [0, 0.1) is 0 Å². The summed E-state index contributed by atoms with van der Waals surface area (Å²) in [4.78, 5) is 16.2. The lowest BCUT2D eigenvalue weighted by molar-refractivity contribution is 0.0590. The fraction of sp³-hybridized carbons (Fsp3) is 0.357. The van der Waals surface area contributed by atoms with Crippen molar-refractivity contribution in [3.8, 4) is 0 Å². The summed E-state index contributed by atoms with van der Waals surface area (Å²) in [5, 5.41) is 0. The minimum Gasteiger partial charge on any atom is -0.468 e. The van der Waals surface area contributed by atoms with Gasteiger partial charge in [-0.3, -0.25) is 9.69 Å². The largest absolute Gasteiger partial charge is 0.468 e. The van der Waals surface area contributed by atoms with Crippen molar-refractivity contribution in [3.63, 3.8) is 0 Å². The van der Waals surface area contributed by atoms with Crippen LogP contribution in [0.2, 0.25) is 0 Å². The Kier molecular flexibility index (Phi) is 3.37. The van der Waals surface area contributed by atoms with Crippen molar-refractivity contribution in [1.82, 2.24) is 9.80 Å². The number of hydrogen-bond donors (Lipinski definition) is 0. The summed E-state index contributed by atoms with van der Waals surface area (Å²) in [6.45, 7) is 3.95. The van der Waals surface area contributed by atoms with Gasteiger partial charge < -0.3 is 13.7 Å². The molecule has 2 aromatic rings. The molecule has 100 valence electrons. The van der Waals surface area contributed by atoms with E-state index < -0.39 is 0 Å². The summed E-state index contributed by atoms with van der Waals surface area (Å²) in [5.74, 6) is 1.35. The second-order valence-electron chi connectivity index (χ2n) is 4.63. The van der Waals surface area contributed by atoms with Crippen molar-refractivity contribution in [2.75, 3.05) is 26.2 Å². The molecule has 5 nitrogen and oxygen atoms in total. The highest BCUT2D eigenvalue weighted by atomic mass is 16.3. The lowest BCUT2D eigenvalue weighted by Crippen LogP contribution is -2.48. The molecule has 1 amide bonds. The van der Waals surface area contributed by atoms with Crippen molar-refractivity contribution < 1.29 is 13.6 Å². The first-order valence-electron chi connectivity index (χ1n) is 6.40. The predicted molar refractivity (Wildman–Crippen MR) is 68.6 cm³/mol. The number of piperazine rings is 1. The smallest absolute Gasteiger partial charge is 0.289 e. The second-order valence-corrected chi connectivity index (χ2v) is 4.63. The number of carbonyl (C=O) groups excluding carboxylic acids is 1. The minimum absolute atomic E-state index is 0.0253. The average molecular weight is 260 g/mol. The van der Waals surface area contributed by atoms with E-state index in [2.05, 4.69) is 4.90 Å². The standard InChI is InChI=1S/C14H16N2O3/c17-14(13-4-2-10-19-13)16-7-5-15(6-8-16)11-12-3-1-9-18-12/h1-4,9-10H,5-8,11H2. The third-order valence-corrected chi connectivity index (χ3v) is 3.35. The van der Waals surface area contributed by atoms with Crippen LogP contribution in [0.5, 0.6) is 0 Å². The molecule has 0 aliphatic carbocycles. The van der Waals surface area contributed by atoms with Gasteiger partial charge in [0.25, 0.3) is 5.91 Å². The zero-order chi connectivity index (χ0) is 13.1. The van der Waals surface area contributed by atoms with Gasteiger partial charge in [0.05, 0.1) is 19.1 Å². The number of rotatable bonds is 3. The van der Waals surface area contributed by atoms with Crippen molar-refractivity contribution in [1.29, 1.82) is 0 Å². The van der Waals surface area contributed by atoms with Crippen LogP contribution in [-0.2, 0) is 6.54 Å². The summed E-state index contributed by atoms with van der Waals surface area (Å²) in [6.07, 6.45) is 3.21. The van der Waals surface area contributed by atoms with Gasteiger partial charge in [-0.25, -0.2) is 0 Å². The van der Waals surface area contributed by atoms with Crippen molar-refractivity contribution in [2.24, 2.45) is 0 Å². The van der Waals surface area contributed by atoms with Crippen molar-refractivity contribution in [3.05, 3.63) is 48.3 Å².